The summed E-state index contributed by atoms with van der Waals surface area (Å²) in [7, 11) is 1.53. The number of benzene rings is 3. The van der Waals surface area contributed by atoms with Gasteiger partial charge in [-0.15, -0.1) is 0 Å². The fraction of sp³-hybridized carbons (Fsp3) is 0.0909. The van der Waals surface area contributed by atoms with Crippen LogP contribution in [0.3, 0.4) is 0 Å². The van der Waals surface area contributed by atoms with Crippen molar-refractivity contribution in [3.05, 3.63) is 93.5 Å². The molecule has 0 saturated carbocycles. The van der Waals surface area contributed by atoms with Crippen LogP contribution in [0.4, 0.5) is 0 Å². The molecule has 29 heavy (non-hydrogen) atoms. The molecule has 0 heterocycles. The first-order valence-electron chi connectivity index (χ1n) is 8.70. The Hall–Kier alpha value is -3.02. The van der Waals surface area contributed by atoms with Crippen LogP contribution in [0.1, 0.15) is 21.5 Å². The van der Waals surface area contributed by atoms with Gasteiger partial charge in [-0.1, -0.05) is 53.5 Å². The normalized spacial score (nSPS) is 10.7. The Morgan fingerprint density at radius 3 is 2.48 bits per heavy atom. The molecule has 3 aromatic carbocycles. The second kappa shape index (κ2) is 9.96. The largest absolute Gasteiger partial charge is 0.493 e. The smallest absolute Gasteiger partial charge is 0.271 e. The number of carbonyl (C=O) groups is 1. The number of hydrazone groups is 1. The first-order valence-corrected chi connectivity index (χ1v) is 9.45. The summed E-state index contributed by atoms with van der Waals surface area (Å²) in [5, 5.41) is 5.00. The molecule has 7 heteroatoms. The van der Waals surface area contributed by atoms with Gasteiger partial charge in [0.15, 0.2) is 11.5 Å². The number of amides is 1. The molecule has 5 nitrogen and oxygen atoms in total. The van der Waals surface area contributed by atoms with Gasteiger partial charge in [-0.2, -0.15) is 5.10 Å². The number of halogens is 2. The van der Waals surface area contributed by atoms with Crippen molar-refractivity contribution in [1.29, 1.82) is 0 Å². The van der Waals surface area contributed by atoms with Crippen molar-refractivity contribution in [2.75, 3.05) is 7.11 Å². The minimum absolute atomic E-state index is 0.303. The van der Waals surface area contributed by atoms with Crippen molar-refractivity contribution in [2.45, 2.75) is 6.61 Å². The molecule has 0 radical (unpaired) electrons. The molecular formula is C22H18Cl2N2O3. The van der Waals surface area contributed by atoms with Crippen LogP contribution in [-0.2, 0) is 6.61 Å². The van der Waals surface area contributed by atoms with Crippen molar-refractivity contribution in [2.24, 2.45) is 5.10 Å². The van der Waals surface area contributed by atoms with Gasteiger partial charge in [0.05, 0.1) is 18.3 Å². The summed E-state index contributed by atoms with van der Waals surface area (Å²) < 4.78 is 11.2. The van der Waals surface area contributed by atoms with E-state index in [9.17, 15) is 4.79 Å². The minimum Gasteiger partial charge on any atom is -0.493 e. The Labute approximate surface area is 178 Å². The summed E-state index contributed by atoms with van der Waals surface area (Å²) in [6.07, 6.45) is 1.48. The van der Waals surface area contributed by atoms with E-state index in [1.54, 1.807) is 48.5 Å². The Balaban J connectivity index is 1.68. The van der Waals surface area contributed by atoms with Crippen LogP contribution in [-0.4, -0.2) is 19.2 Å². The summed E-state index contributed by atoms with van der Waals surface area (Å²) in [6.45, 7) is 0.313. The number of rotatable bonds is 7. The second-order valence-corrected chi connectivity index (χ2v) is 6.86. The van der Waals surface area contributed by atoms with Gasteiger partial charge in [0, 0.05) is 10.6 Å². The predicted molar refractivity (Wildman–Crippen MR) is 115 cm³/mol. The molecule has 0 spiro atoms. The van der Waals surface area contributed by atoms with Crippen LogP contribution in [0.15, 0.2) is 71.8 Å². The number of carbonyl (C=O) groups excluding carboxylic acids is 1. The molecule has 0 aliphatic carbocycles. The third kappa shape index (κ3) is 5.73. The van der Waals surface area contributed by atoms with E-state index in [1.807, 2.05) is 18.2 Å². The van der Waals surface area contributed by atoms with Crippen molar-refractivity contribution in [3.8, 4) is 11.5 Å². The van der Waals surface area contributed by atoms with Crippen LogP contribution in [0.5, 0.6) is 11.5 Å². The third-order valence-electron chi connectivity index (χ3n) is 3.96. The maximum Gasteiger partial charge on any atom is 0.271 e. The molecule has 148 valence electrons. The average Bonchev–Trinajstić information content (AvgIpc) is 2.74. The van der Waals surface area contributed by atoms with E-state index < -0.39 is 0 Å². The molecule has 1 amide bonds. The van der Waals surface area contributed by atoms with Gasteiger partial charge in [-0.25, -0.2) is 5.43 Å². The second-order valence-electron chi connectivity index (χ2n) is 6.01. The molecule has 3 rings (SSSR count). The number of methoxy groups -OCH3 is 1. The fourth-order valence-corrected chi connectivity index (χ4v) is 2.91. The number of nitrogens with one attached hydrogen (secondary N) is 1. The standard InChI is InChI=1S/C22H18Cl2N2O3/c1-28-20-12-16(13-25-26-22(27)17-5-3-2-4-6-17)11-19(24)21(20)29-14-15-7-9-18(23)10-8-15/h2-13H,14H2,1H3,(H,26,27)/b25-13-. The first kappa shape index (κ1) is 20.7. The number of ether oxygens (including phenoxy) is 2. The SMILES string of the molecule is COc1cc(/C=N\NC(=O)c2ccccc2)cc(Cl)c1OCc1ccc(Cl)cc1. The minimum atomic E-state index is -0.303. The highest BCUT2D eigenvalue weighted by Crippen LogP contribution is 2.36. The lowest BCUT2D eigenvalue weighted by Crippen LogP contribution is -2.17. The topological polar surface area (TPSA) is 59.9 Å². The maximum atomic E-state index is 12.0. The van der Waals surface area contributed by atoms with E-state index in [0.29, 0.717) is 39.3 Å². The zero-order valence-corrected chi connectivity index (χ0v) is 17.1. The Morgan fingerprint density at radius 1 is 1.07 bits per heavy atom. The summed E-state index contributed by atoms with van der Waals surface area (Å²) in [4.78, 5) is 12.0. The first-order chi connectivity index (χ1) is 14.1. The van der Waals surface area contributed by atoms with Crippen molar-refractivity contribution >= 4 is 35.3 Å². The van der Waals surface area contributed by atoms with Crippen LogP contribution >= 0.6 is 23.2 Å². The summed E-state index contributed by atoms with van der Waals surface area (Å²) in [5.74, 6) is 0.583. The Bertz CT molecular complexity index is 1010. The van der Waals surface area contributed by atoms with Gasteiger partial charge in [0.25, 0.3) is 5.91 Å². The zero-order chi connectivity index (χ0) is 20.6. The monoisotopic (exact) mass is 428 g/mol. The lowest BCUT2D eigenvalue weighted by atomic mass is 10.2. The molecule has 0 bridgehead atoms. The van der Waals surface area contributed by atoms with Crippen molar-refractivity contribution < 1.29 is 14.3 Å². The van der Waals surface area contributed by atoms with E-state index in [1.165, 1.54) is 13.3 Å². The predicted octanol–water partition coefficient (Wildman–Crippen LogP) is 5.34. The van der Waals surface area contributed by atoms with E-state index in [0.717, 1.165) is 5.56 Å². The molecular weight excluding hydrogens is 411 g/mol. The molecule has 0 aliphatic rings. The van der Waals surface area contributed by atoms with Crippen LogP contribution in [0, 0.1) is 0 Å². The molecule has 0 fully saturated rings. The van der Waals surface area contributed by atoms with Crippen LogP contribution in [0.25, 0.3) is 0 Å². The highest BCUT2D eigenvalue weighted by atomic mass is 35.5. The van der Waals surface area contributed by atoms with E-state index in [2.05, 4.69) is 10.5 Å². The molecule has 0 saturated heterocycles. The van der Waals surface area contributed by atoms with Crippen molar-refractivity contribution in [3.63, 3.8) is 0 Å². The fourth-order valence-electron chi connectivity index (χ4n) is 2.51. The van der Waals surface area contributed by atoms with E-state index in [-0.39, 0.29) is 5.91 Å². The van der Waals surface area contributed by atoms with Crippen LogP contribution in [0.2, 0.25) is 10.0 Å². The number of hydrogen-bond donors (Lipinski definition) is 1. The summed E-state index contributed by atoms with van der Waals surface area (Å²) in [6, 6.07) is 19.6. The lowest BCUT2D eigenvalue weighted by Gasteiger charge is -2.13. The zero-order valence-electron chi connectivity index (χ0n) is 15.6. The molecule has 0 aliphatic heterocycles. The molecule has 1 N–H and O–H groups in total. The maximum absolute atomic E-state index is 12.0. The molecule has 3 aromatic rings. The summed E-state index contributed by atoms with van der Waals surface area (Å²) >= 11 is 12.3. The average molecular weight is 429 g/mol. The number of nitrogens with zero attached hydrogens (tertiary/aromatic N) is 1. The van der Waals surface area contributed by atoms with E-state index >= 15 is 0 Å². The van der Waals surface area contributed by atoms with Gasteiger partial charge < -0.3 is 9.47 Å². The highest BCUT2D eigenvalue weighted by Gasteiger charge is 2.12. The Morgan fingerprint density at radius 2 is 1.79 bits per heavy atom. The van der Waals surface area contributed by atoms with Gasteiger partial charge in [0.1, 0.15) is 6.61 Å². The summed E-state index contributed by atoms with van der Waals surface area (Å²) in [5.41, 5.74) is 4.59. The van der Waals surface area contributed by atoms with Gasteiger partial charge in [0.2, 0.25) is 0 Å². The molecule has 0 atom stereocenters. The highest BCUT2D eigenvalue weighted by molar-refractivity contribution is 6.32. The number of hydrogen-bond acceptors (Lipinski definition) is 4. The van der Waals surface area contributed by atoms with Gasteiger partial charge >= 0.3 is 0 Å². The van der Waals surface area contributed by atoms with Gasteiger partial charge in [-0.05, 0) is 47.5 Å². The quantitative estimate of drug-likeness (QED) is 0.407. The lowest BCUT2D eigenvalue weighted by molar-refractivity contribution is 0.0955. The van der Waals surface area contributed by atoms with Crippen molar-refractivity contribution in [1.82, 2.24) is 5.43 Å². The Kier molecular flexibility index (Phi) is 7.11. The molecule has 0 unspecified atom stereocenters. The van der Waals surface area contributed by atoms with Gasteiger partial charge in [-0.3, -0.25) is 4.79 Å². The van der Waals surface area contributed by atoms with E-state index in [4.69, 9.17) is 32.7 Å². The molecule has 0 aromatic heterocycles. The third-order valence-corrected chi connectivity index (χ3v) is 4.50. The van der Waals surface area contributed by atoms with Crippen LogP contribution < -0.4 is 14.9 Å².